The molecule has 1 atom stereocenters. The van der Waals surface area contributed by atoms with E-state index in [4.69, 9.17) is 9.72 Å². The summed E-state index contributed by atoms with van der Waals surface area (Å²) in [6.07, 6.45) is 2.48. The summed E-state index contributed by atoms with van der Waals surface area (Å²) in [5.74, 6) is 0.0294. The lowest BCUT2D eigenvalue weighted by Crippen LogP contribution is -2.31. The molecule has 236 valence electrons. The van der Waals surface area contributed by atoms with Crippen molar-refractivity contribution in [2.24, 2.45) is 0 Å². The number of anilines is 1. The van der Waals surface area contributed by atoms with E-state index in [1.54, 1.807) is 51.9 Å². The van der Waals surface area contributed by atoms with Crippen LogP contribution in [-0.2, 0) is 29.1 Å². The maximum absolute atomic E-state index is 14.1. The number of hydrogen-bond donors (Lipinski definition) is 1. The number of fused-ring (bicyclic) bond motifs is 1. The lowest BCUT2D eigenvalue weighted by atomic mass is 10.1. The fourth-order valence-corrected chi connectivity index (χ4v) is 5.43. The number of ether oxygens (including phenoxy) is 1. The van der Waals surface area contributed by atoms with E-state index in [9.17, 15) is 19.5 Å². The van der Waals surface area contributed by atoms with Crippen molar-refractivity contribution < 1.29 is 19.4 Å². The lowest BCUT2D eigenvalue weighted by molar-refractivity contribution is -0.145. The van der Waals surface area contributed by atoms with Crippen LogP contribution in [0.1, 0.15) is 68.1 Å². The molecule has 0 radical (unpaired) electrons. The van der Waals surface area contributed by atoms with Crippen molar-refractivity contribution in [3.05, 3.63) is 136 Å². The number of benzene rings is 4. The number of aromatic nitrogens is 2. The van der Waals surface area contributed by atoms with Gasteiger partial charge in [-0.3, -0.25) is 14.2 Å². The van der Waals surface area contributed by atoms with Crippen LogP contribution in [-0.4, -0.2) is 26.5 Å². The molecule has 1 amide bonds. The van der Waals surface area contributed by atoms with Gasteiger partial charge in [0, 0.05) is 24.1 Å². The summed E-state index contributed by atoms with van der Waals surface area (Å²) in [5, 5.41) is 10.2. The molecule has 1 N–H and O–H groups in total. The van der Waals surface area contributed by atoms with Crippen molar-refractivity contribution in [3.63, 3.8) is 0 Å². The van der Waals surface area contributed by atoms with Gasteiger partial charge in [-0.1, -0.05) is 93.1 Å². The third-order valence-corrected chi connectivity index (χ3v) is 7.88. The minimum atomic E-state index is -1.14. The number of rotatable bonds is 14. The highest BCUT2D eigenvalue weighted by Crippen LogP contribution is 2.25. The highest BCUT2D eigenvalue weighted by molar-refractivity contribution is 5.95. The van der Waals surface area contributed by atoms with E-state index >= 15 is 0 Å². The first-order valence-electron chi connectivity index (χ1n) is 15.8. The van der Waals surface area contributed by atoms with E-state index in [0.29, 0.717) is 53.1 Å². The minimum Gasteiger partial charge on any atom is -0.478 e. The lowest BCUT2D eigenvalue weighted by Gasteiger charge is -2.24. The Morgan fingerprint density at radius 2 is 1.57 bits per heavy atom. The first kappa shape index (κ1) is 32.2. The highest BCUT2D eigenvalue weighted by atomic mass is 16.5. The van der Waals surface area contributed by atoms with Crippen molar-refractivity contribution in [2.75, 3.05) is 4.90 Å². The second-order valence-corrected chi connectivity index (χ2v) is 11.3. The first-order chi connectivity index (χ1) is 22.4. The quantitative estimate of drug-likeness (QED) is 0.140. The molecule has 0 saturated carbocycles. The second kappa shape index (κ2) is 15.2. The van der Waals surface area contributed by atoms with Gasteiger partial charge in [0.1, 0.15) is 11.6 Å². The zero-order valence-corrected chi connectivity index (χ0v) is 26.3. The van der Waals surface area contributed by atoms with Gasteiger partial charge in [-0.05, 0) is 54.3 Å². The third kappa shape index (κ3) is 7.69. The van der Waals surface area contributed by atoms with Crippen LogP contribution in [0.2, 0.25) is 0 Å². The Hall–Kier alpha value is -5.24. The number of hydrogen-bond acceptors (Lipinski definition) is 5. The number of carboxylic acid groups (broad SMARTS) is 1. The predicted molar refractivity (Wildman–Crippen MR) is 180 cm³/mol. The molecule has 5 rings (SSSR count). The van der Waals surface area contributed by atoms with Crippen molar-refractivity contribution in [2.45, 2.75) is 65.1 Å². The van der Waals surface area contributed by atoms with Gasteiger partial charge in [0.25, 0.3) is 5.56 Å². The van der Waals surface area contributed by atoms with Gasteiger partial charge in [-0.25, -0.2) is 9.78 Å². The van der Waals surface area contributed by atoms with Crippen LogP contribution in [0.4, 0.5) is 5.69 Å². The molecule has 0 saturated heterocycles. The molecule has 0 bridgehead atoms. The number of nitrogens with zero attached hydrogens (tertiary/aromatic N) is 3. The minimum absolute atomic E-state index is 0.00161. The van der Waals surface area contributed by atoms with Gasteiger partial charge in [0.2, 0.25) is 12.0 Å². The SMILES string of the molecule is CCCCc1nc2ccc(N(Cc3ccccc3)C(=O)CCC)cc2c(=O)n1Cc1ccc(OC(C(=O)O)c2ccccc2)cc1. The van der Waals surface area contributed by atoms with Gasteiger partial charge in [-0.2, -0.15) is 0 Å². The monoisotopic (exact) mass is 617 g/mol. The summed E-state index contributed by atoms with van der Waals surface area (Å²) in [6.45, 7) is 4.77. The molecular formula is C38H39N3O5. The second-order valence-electron chi connectivity index (χ2n) is 11.3. The van der Waals surface area contributed by atoms with Crippen LogP contribution in [0.25, 0.3) is 10.9 Å². The summed E-state index contributed by atoms with van der Waals surface area (Å²) in [4.78, 5) is 45.9. The van der Waals surface area contributed by atoms with Crippen molar-refractivity contribution in [1.82, 2.24) is 9.55 Å². The van der Waals surface area contributed by atoms with E-state index in [0.717, 1.165) is 30.4 Å². The molecular weight excluding hydrogens is 578 g/mol. The van der Waals surface area contributed by atoms with E-state index in [-0.39, 0.29) is 18.0 Å². The molecule has 8 heteroatoms. The Labute approximate surface area is 268 Å². The van der Waals surface area contributed by atoms with Crippen LogP contribution < -0.4 is 15.2 Å². The molecule has 8 nitrogen and oxygen atoms in total. The number of aliphatic carboxylic acids is 1. The van der Waals surface area contributed by atoms with E-state index < -0.39 is 12.1 Å². The van der Waals surface area contributed by atoms with E-state index in [1.165, 1.54) is 0 Å². The van der Waals surface area contributed by atoms with Crippen molar-refractivity contribution in [1.29, 1.82) is 0 Å². The topological polar surface area (TPSA) is 102 Å². The molecule has 0 aliphatic rings. The number of carboxylic acids is 1. The Kier molecular flexibility index (Phi) is 10.6. The predicted octanol–water partition coefficient (Wildman–Crippen LogP) is 7.33. The molecule has 1 unspecified atom stereocenters. The molecule has 0 spiro atoms. The fraction of sp³-hybridized carbons (Fsp3) is 0.263. The van der Waals surface area contributed by atoms with Crippen LogP contribution in [0.5, 0.6) is 5.75 Å². The number of carbonyl (C=O) groups excluding carboxylic acids is 1. The Morgan fingerprint density at radius 3 is 2.22 bits per heavy atom. The molecule has 1 heterocycles. The van der Waals surface area contributed by atoms with Gasteiger partial charge >= 0.3 is 5.97 Å². The standard InChI is InChI=1S/C38H39N3O5/c1-3-5-17-34-39-33-23-20-30(40(35(42)12-4-2)25-27-13-8-6-9-14-27)24-32(33)37(43)41(34)26-28-18-21-31(22-19-28)46-36(38(44)45)29-15-10-7-11-16-29/h6-11,13-16,18-24,36H,3-5,12,17,25-26H2,1-2H3,(H,44,45). The maximum Gasteiger partial charge on any atom is 0.349 e. The summed E-state index contributed by atoms with van der Waals surface area (Å²) < 4.78 is 7.53. The zero-order chi connectivity index (χ0) is 32.5. The molecule has 1 aromatic heterocycles. The largest absolute Gasteiger partial charge is 0.478 e. The summed E-state index contributed by atoms with van der Waals surface area (Å²) in [6, 6.07) is 31.2. The smallest absolute Gasteiger partial charge is 0.349 e. The molecule has 0 fully saturated rings. The number of unbranched alkanes of at least 4 members (excludes halogenated alkanes) is 1. The number of amides is 1. The van der Waals surface area contributed by atoms with Gasteiger partial charge < -0.3 is 14.7 Å². The summed E-state index contributed by atoms with van der Waals surface area (Å²) >= 11 is 0. The highest BCUT2D eigenvalue weighted by Gasteiger charge is 2.22. The van der Waals surface area contributed by atoms with E-state index in [2.05, 4.69) is 6.92 Å². The Morgan fingerprint density at radius 1 is 0.870 bits per heavy atom. The Balaban J connectivity index is 1.47. The van der Waals surface area contributed by atoms with Crippen LogP contribution in [0.15, 0.2) is 108 Å². The Bertz CT molecular complexity index is 1840. The van der Waals surface area contributed by atoms with Crippen LogP contribution in [0, 0.1) is 0 Å². The summed E-state index contributed by atoms with van der Waals surface area (Å²) in [5.41, 5.74) is 3.49. The molecule has 0 aliphatic carbocycles. The molecule has 0 aliphatic heterocycles. The average molecular weight is 618 g/mol. The number of carbonyl (C=O) groups is 2. The van der Waals surface area contributed by atoms with Crippen LogP contribution in [0.3, 0.4) is 0 Å². The number of aryl methyl sites for hydroxylation is 1. The molecule has 46 heavy (non-hydrogen) atoms. The maximum atomic E-state index is 14.1. The third-order valence-electron chi connectivity index (χ3n) is 7.88. The van der Waals surface area contributed by atoms with E-state index in [1.807, 2.05) is 67.6 Å². The molecule has 5 aromatic rings. The summed E-state index contributed by atoms with van der Waals surface area (Å²) in [7, 11) is 0. The van der Waals surface area contributed by atoms with Gasteiger partial charge in [0.15, 0.2) is 0 Å². The van der Waals surface area contributed by atoms with Gasteiger partial charge in [0.05, 0.1) is 24.0 Å². The van der Waals surface area contributed by atoms with Crippen molar-refractivity contribution >= 4 is 28.5 Å². The van der Waals surface area contributed by atoms with Crippen molar-refractivity contribution in [3.8, 4) is 5.75 Å². The zero-order valence-electron chi connectivity index (χ0n) is 26.3. The first-order valence-corrected chi connectivity index (χ1v) is 15.8. The normalized spacial score (nSPS) is 11.7. The van der Waals surface area contributed by atoms with Crippen LogP contribution >= 0.6 is 0 Å². The van der Waals surface area contributed by atoms with Gasteiger partial charge in [-0.15, -0.1) is 0 Å². The molecule has 4 aromatic carbocycles. The fourth-order valence-electron chi connectivity index (χ4n) is 5.43. The average Bonchev–Trinajstić information content (AvgIpc) is 3.08.